The average molecular weight is 287 g/mol. The zero-order valence-corrected chi connectivity index (χ0v) is 13.2. The van der Waals surface area contributed by atoms with Crippen LogP contribution < -0.4 is 5.32 Å². The number of nitrogens with zero attached hydrogens (tertiary/aromatic N) is 2. The summed E-state index contributed by atoms with van der Waals surface area (Å²) in [6.45, 7) is 6.58. The van der Waals surface area contributed by atoms with Crippen LogP contribution in [0.5, 0.6) is 0 Å². The van der Waals surface area contributed by atoms with Crippen LogP contribution >= 0.6 is 0 Å². The summed E-state index contributed by atoms with van der Waals surface area (Å²) in [5, 5.41) is 3.66. The third-order valence-corrected chi connectivity index (χ3v) is 4.22. The summed E-state index contributed by atoms with van der Waals surface area (Å²) in [7, 11) is 2.21. The highest BCUT2D eigenvalue weighted by atomic mass is 16.3. The number of rotatable bonds is 3. The quantitative estimate of drug-likeness (QED) is 0.931. The molecule has 1 saturated heterocycles. The van der Waals surface area contributed by atoms with E-state index in [0.29, 0.717) is 12.0 Å². The van der Waals surface area contributed by atoms with E-state index >= 15 is 0 Å². The van der Waals surface area contributed by atoms with Crippen molar-refractivity contribution in [2.75, 3.05) is 25.5 Å². The van der Waals surface area contributed by atoms with Gasteiger partial charge in [0, 0.05) is 17.6 Å². The van der Waals surface area contributed by atoms with Gasteiger partial charge in [-0.1, -0.05) is 13.8 Å². The fourth-order valence-electron chi connectivity index (χ4n) is 2.90. The first-order chi connectivity index (χ1) is 10.1. The van der Waals surface area contributed by atoms with Crippen molar-refractivity contribution < 1.29 is 4.42 Å². The molecule has 2 heterocycles. The highest BCUT2D eigenvalue weighted by Gasteiger charge is 2.15. The summed E-state index contributed by atoms with van der Waals surface area (Å²) in [6.07, 6.45) is 3.70. The number of fused-ring (bicyclic) bond motifs is 1. The number of hydrogen-bond acceptors (Lipinski definition) is 4. The van der Waals surface area contributed by atoms with Crippen molar-refractivity contribution in [3.63, 3.8) is 0 Å². The van der Waals surface area contributed by atoms with Crippen molar-refractivity contribution in [2.45, 2.75) is 45.1 Å². The zero-order chi connectivity index (χ0) is 14.8. The molecule has 0 aliphatic carbocycles. The molecule has 21 heavy (non-hydrogen) atoms. The second kappa shape index (κ2) is 6.06. The molecule has 4 heteroatoms. The first-order valence-electron chi connectivity index (χ1n) is 7.97. The van der Waals surface area contributed by atoms with Crippen molar-refractivity contribution in [3.8, 4) is 0 Å². The Morgan fingerprint density at radius 3 is 2.95 bits per heavy atom. The molecule has 1 aromatic heterocycles. The van der Waals surface area contributed by atoms with Crippen LogP contribution in [0.25, 0.3) is 11.1 Å². The first-order valence-corrected chi connectivity index (χ1v) is 7.97. The van der Waals surface area contributed by atoms with Crippen molar-refractivity contribution in [1.29, 1.82) is 0 Å². The molecule has 1 aliphatic rings. The largest absolute Gasteiger partial charge is 0.440 e. The maximum atomic E-state index is 5.76. The van der Waals surface area contributed by atoms with E-state index in [1.165, 1.54) is 32.4 Å². The molecule has 0 amide bonds. The lowest BCUT2D eigenvalue weighted by Gasteiger charge is -2.17. The number of hydrogen-bond donors (Lipinski definition) is 1. The molecular formula is C17H25N3O. The number of oxazole rings is 1. The van der Waals surface area contributed by atoms with Crippen LogP contribution in [0.2, 0.25) is 0 Å². The lowest BCUT2D eigenvalue weighted by atomic mass is 10.1. The highest BCUT2D eigenvalue weighted by Crippen LogP contribution is 2.25. The van der Waals surface area contributed by atoms with E-state index in [9.17, 15) is 0 Å². The molecular weight excluding hydrogens is 262 g/mol. The fourth-order valence-corrected chi connectivity index (χ4v) is 2.90. The van der Waals surface area contributed by atoms with Gasteiger partial charge in [0.2, 0.25) is 0 Å². The Labute approximate surface area is 126 Å². The predicted molar refractivity (Wildman–Crippen MR) is 86.9 cm³/mol. The standard InChI is InChI=1S/C17H25N3O/c1-12(2)17-19-15-11-14(6-7-16(15)21-17)18-13-5-4-9-20(3)10-8-13/h6-7,11-13,18H,4-5,8-10H2,1-3H3. The number of aromatic nitrogens is 1. The summed E-state index contributed by atoms with van der Waals surface area (Å²) in [5.41, 5.74) is 2.99. The highest BCUT2D eigenvalue weighted by molar-refractivity contribution is 5.77. The Morgan fingerprint density at radius 1 is 1.29 bits per heavy atom. The summed E-state index contributed by atoms with van der Waals surface area (Å²) in [5.74, 6) is 1.14. The molecule has 1 N–H and O–H groups in total. The van der Waals surface area contributed by atoms with Gasteiger partial charge in [-0.3, -0.25) is 0 Å². The lowest BCUT2D eigenvalue weighted by Crippen LogP contribution is -2.22. The summed E-state index contributed by atoms with van der Waals surface area (Å²) >= 11 is 0. The molecule has 1 fully saturated rings. The molecule has 1 unspecified atom stereocenters. The number of anilines is 1. The predicted octanol–water partition coefficient (Wildman–Crippen LogP) is 3.85. The topological polar surface area (TPSA) is 41.3 Å². The number of benzene rings is 1. The molecule has 2 aromatic rings. The van der Waals surface area contributed by atoms with Gasteiger partial charge < -0.3 is 14.6 Å². The van der Waals surface area contributed by atoms with Crippen molar-refractivity contribution >= 4 is 16.8 Å². The van der Waals surface area contributed by atoms with Crippen molar-refractivity contribution in [3.05, 3.63) is 24.1 Å². The van der Waals surface area contributed by atoms with Crippen LogP contribution in [0.4, 0.5) is 5.69 Å². The van der Waals surface area contributed by atoms with E-state index in [1.807, 2.05) is 6.07 Å². The van der Waals surface area contributed by atoms with E-state index in [0.717, 1.165) is 22.7 Å². The van der Waals surface area contributed by atoms with Crippen LogP contribution in [0, 0.1) is 0 Å². The monoisotopic (exact) mass is 287 g/mol. The van der Waals surface area contributed by atoms with Gasteiger partial charge >= 0.3 is 0 Å². The Kier molecular flexibility index (Phi) is 4.15. The van der Waals surface area contributed by atoms with Gasteiger partial charge in [0.05, 0.1) is 0 Å². The van der Waals surface area contributed by atoms with Gasteiger partial charge in [-0.2, -0.15) is 0 Å². The number of nitrogens with one attached hydrogen (secondary N) is 1. The maximum Gasteiger partial charge on any atom is 0.198 e. The molecule has 114 valence electrons. The SMILES string of the molecule is CC(C)c1nc2cc(NC3CCCN(C)CC3)ccc2o1. The minimum Gasteiger partial charge on any atom is -0.440 e. The average Bonchev–Trinajstić information content (AvgIpc) is 2.77. The van der Waals surface area contributed by atoms with Gasteiger partial charge in [0.1, 0.15) is 5.52 Å². The Hall–Kier alpha value is -1.55. The minimum atomic E-state index is 0.325. The van der Waals surface area contributed by atoms with Crippen molar-refractivity contribution in [1.82, 2.24) is 9.88 Å². The molecule has 0 bridgehead atoms. The number of likely N-dealkylation sites (tertiary alicyclic amines) is 1. The fraction of sp³-hybridized carbons (Fsp3) is 0.588. The van der Waals surface area contributed by atoms with Crippen LogP contribution in [0.1, 0.15) is 44.9 Å². The summed E-state index contributed by atoms with van der Waals surface area (Å²) < 4.78 is 5.76. The van der Waals surface area contributed by atoms with Crippen LogP contribution in [-0.4, -0.2) is 36.1 Å². The van der Waals surface area contributed by atoms with Gasteiger partial charge in [-0.25, -0.2) is 4.98 Å². The van der Waals surface area contributed by atoms with Crippen LogP contribution in [0.15, 0.2) is 22.6 Å². The second-order valence-electron chi connectivity index (χ2n) is 6.46. The minimum absolute atomic E-state index is 0.325. The van der Waals surface area contributed by atoms with E-state index in [1.54, 1.807) is 0 Å². The third kappa shape index (κ3) is 3.38. The summed E-state index contributed by atoms with van der Waals surface area (Å²) in [4.78, 5) is 7.00. The second-order valence-corrected chi connectivity index (χ2v) is 6.46. The van der Waals surface area contributed by atoms with Gasteiger partial charge in [0.15, 0.2) is 11.5 Å². The van der Waals surface area contributed by atoms with Crippen molar-refractivity contribution in [2.24, 2.45) is 0 Å². The first kappa shape index (κ1) is 14.4. The van der Waals surface area contributed by atoms with Gasteiger partial charge in [0.25, 0.3) is 0 Å². The van der Waals surface area contributed by atoms with Crippen LogP contribution in [0.3, 0.4) is 0 Å². The molecule has 0 spiro atoms. The Morgan fingerprint density at radius 2 is 2.14 bits per heavy atom. The molecule has 1 aliphatic heterocycles. The van der Waals surface area contributed by atoms with E-state index in [2.05, 4.69) is 48.2 Å². The van der Waals surface area contributed by atoms with Gasteiger partial charge in [-0.05, 0) is 57.6 Å². The molecule has 3 rings (SSSR count). The molecule has 1 atom stereocenters. The third-order valence-electron chi connectivity index (χ3n) is 4.22. The lowest BCUT2D eigenvalue weighted by molar-refractivity contribution is 0.348. The molecule has 4 nitrogen and oxygen atoms in total. The Bertz CT molecular complexity index is 605. The smallest absolute Gasteiger partial charge is 0.198 e. The zero-order valence-electron chi connectivity index (χ0n) is 13.2. The molecule has 0 saturated carbocycles. The molecule has 0 radical (unpaired) electrons. The van der Waals surface area contributed by atoms with E-state index in [4.69, 9.17) is 4.42 Å². The Balaban J connectivity index is 1.74. The summed E-state index contributed by atoms with van der Waals surface area (Å²) in [6, 6.07) is 6.80. The normalized spacial score (nSPS) is 20.9. The van der Waals surface area contributed by atoms with Gasteiger partial charge in [-0.15, -0.1) is 0 Å². The molecule has 1 aromatic carbocycles. The van der Waals surface area contributed by atoms with E-state index < -0.39 is 0 Å². The van der Waals surface area contributed by atoms with E-state index in [-0.39, 0.29) is 0 Å². The maximum absolute atomic E-state index is 5.76. The van der Waals surface area contributed by atoms with Crippen LogP contribution in [-0.2, 0) is 0 Å².